The van der Waals surface area contributed by atoms with Crippen LogP contribution in [0.3, 0.4) is 0 Å². The standard InChI is InChI=1S/C14H22N4/c1-17(10-5-9-15)12-13-8-11-18(16-13)14-6-3-2-4-7-14/h8,11,14H,2-7,10,12H2,1H3. The lowest BCUT2D eigenvalue weighted by atomic mass is 9.96. The molecule has 0 saturated heterocycles. The van der Waals surface area contributed by atoms with Gasteiger partial charge < -0.3 is 0 Å². The van der Waals surface area contributed by atoms with Crippen LogP contribution in [-0.2, 0) is 6.54 Å². The molecule has 0 amide bonds. The summed E-state index contributed by atoms with van der Waals surface area (Å²) < 4.78 is 2.15. The van der Waals surface area contributed by atoms with E-state index in [1.807, 2.05) is 7.05 Å². The van der Waals surface area contributed by atoms with Crippen molar-refractivity contribution in [3.63, 3.8) is 0 Å². The molecule has 0 unspecified atom stereocenters. The fourth-order valence-electron chi connectivity index (χ4n) is 2.61. The summed E-state index contributed by atoms with van der Waals surface area (Å²) in [7, 11) is 2.04. The van der Waals surface area contributed by atoms with Crippen LogP contribution >= 0.6 is 0 Å². The van der Waals surface area contributed by atoms with Gasteiger partial charge in [0.15, 0.2) is 0 Å². The fourth-order valence-corrected chi connectivity index (χ4v) is 2.61. The Balaban J connectivity index is 1.87. The van der Waals surface area contributed by atoms with E-state index in [0.29, 0.717) is 12.5 Å². The summed E-state index contributed by atoms with van der Waals surface area (Å²) in [5.74, 6) is 0. The molecule has 4 nitrogen and oxygen atoms in total. The highest BCUT2D eigenvalue weighted by molar-refractivity contribution is 5.00. The lowest BCUT2D eigenvalue weighted by Crippen LogP contribution is -2.19. The zero-order valence-corrected chi connectivity index (χ0v) is 11.2. The maximum atomic E-state index is 8.56. The second-order valence-electron chi connectivity index (χ2n) is 5.22. The van der Waals surface area contributed by atoms with Crippen molar-refractivity contribution in [3.8, 4) is 6.07 Å². The van der Waals surface area contributed by atoms with E-state index >= 15 is 0 Å². The molecule has 4 heteroatoms. The molecule has 0 aliphatic heterocycles. The molecule has 1 aromatic heterocycles. The number of aromatic nitrogens is 2. The Kier molecular flexibility index (Phi) is 4.77. The monoisotopic (exact) mass is 246 g/mol. The lowest BCUT2D eigenvalue weighted by molar-refractivity contribution is 0.311. The van der Waals surface area contributed by atoms with E-state index in [1.165, 1.54) is 32.1 Å². The van der Waals surface area contributed by atoms with Gasteiger partial charge >= 0.3 is 0 Å². The Hall–Kier alpha value is -1.34. The molecule has 2 rings (SSSR count). The van der Waals surface area contributed by atoms with Crippen molar-refractivity contribution in [1.29, 1.82) is 5.26 Å². The summed E-state index contributed by atoms with van der Waals surface area (Å²) in [6.07, 6.45) is 9.28. The molecule has 0 radical (unpaired) electrons. The average molecular weight is 246 g/mol. The Morgan fingerprint density at radius 1 is 1.44 bits per heavy atom. The largest absolute Gasteiger partial charge is 0.299 e. The van der Waals surface area contributed by atoms with Crippen molar-refractivity contribution in [3.05, 3.63) is 18.0 Å². The van der Waals surface area contributed by atoms with Gasteiger partial charge in [0.2, 0.25) is 0 Å². The Labute approximate surface area is 109 Å². The van der Waals surface area contributed by atoms with Crippen LogP contribution in [0.1, 0.15) is 50.3 Å². The van der Waals surface area contributed by atoms with Gasteiger partial charge in [-0.2, -0.15) is 10.4 Å². The predicted octanol–water partition coefficient (Wildman–Crippen LogP) is 2.73. The maximum Gasteiger partial charge on any atom is 0.0764 e. The van der Waals surface area contributed by atoms with Crippen LogP contribution in [0.5, 0.6) is 0 Å². The number of nitrogens with zero attached hydrogens (tertiary/aromatic N) is 4. The molecule has 1 aliphatic carbocycles. The van der Waals surface area contributed by atoms with E-state index in [0.717, 1.165) is 18.8 Å². The molecule has 0 spiro atoms. The van der Waals surface area contributed by atoms with Gasteiger partial charge in [0.25, 0.3) is 0 Å². The van der Waals surface area contributed by atoms with Crippen LogP contribution < -0.4 is 0 Å². The minimum absolute atomic E-state index is 0.583. The van der Waals surface area contributed by atoms with Crippen LogP contribution in [-0.4, -0.2) is 28.3 Å². The highest BCUT2D eigenvalue weighted by Crippen LogP contribution is 2.27. The van der Waals surface area contributed by atoms with Gasteiger partial charge in [0.1, 0.15) is 0 Å². The van der Waals surface area contributed by atoms with E-state index in [2.05, 4.69) is 33.0 Å². The Bertz CT molecular complexity index is 398. The number of nitriles is 1. The summed E-state index contributed by atoms with van der Waals surface area (Å²) in [6.45, 7) is 1.65. The van der Waals surface area contributed by atoms with Crippen molar-refractivity contribution in [2.75, 3.05) is 13.6 Å². The highest BCUT2D eigenvalue weighted by Gasteiger charge is 2.16. The van der Waals surface area contributed by atoms with E-state index in [4.69, 9.17) is 5.26 Å². The number of rotatable bonds is 5. The minimum Gasteiger partial charge on any atom is -0.299 e. The number of hydrogen-bond acceptors (Lipinski definition) is 3. The maximum absolute atomic E-state index is 8.56. The summed E-state index contributed by atoms with van der Waals surface area (Å²) >= 11 is 0. The van der Waals surface area contributed by atoms with Crippen LogP contribution in [0.2, 0.25) is 0 Å². The van der Waals surface area contributed by atoms with Gasteiger partial charge in [-0.15, -0.1) is 0 Å². The molecular weight excluding hydrogens is 224 g/mol. The smallest absolute Gasteiger partial charge is 0.0764 e. The van der Waals surface area contributed by atoms with Crippen LogP contribution in [0, 0.1) is 11.3 Å². The molecule has 98 valence electrons. The lowest BCUT2D eigenvalue weighted by Gasteiger charge is -2.22. The van der Waals surface area contributed by atoms with Crippen LogP contribution in [0.25, 0.3) is 0 Å². The zero-order valence-electron chi connectivity index (χ0n) is 11.2. The van der Waals surface area contributed by atoms with Crippen LogP contribution in [0.4, 0.5) is 0 Å². The first-order chi connectivity index (χ1) is 8.79. The molecule has 1 saturated carbocycles. The Morgan fingerprint density at radius 3 is 2.94 bits per heavy atom. The highest BCUT2D eigenvalue weighted by atomic mass is 15.3. The average Bonchev–Trinajstić information content (AvgIpc) is 2.86. The van der Waals surface area contributed by atoms with Crippen molar-refractivity contribution < 1.29 is 0 Å². The van der Waals surface area contributed by atoms with Crippen molar-refractivity contribution in [2.45, 2.75) is 51.1 Å². The molecule has 1 aliphatic rings. The van der Waals surface area contributed by atoms with Gasteiger partial charge in [0.05, 0.1) is 17.8 Å². The molecule has 0 atom stereocenters. The van der Waals surface area contributed by atoms with E-state index < -0.39 is 0 Å². The van der Waals surface area contributed by atoms with Gasteiger partial charge in [-0.3, -0.25) is 9.58 Å². The normalized spacial score (nSPS) is 16.9. The topological polar surface area (TPSA) is 44.9 Å². The molecule has 1 heterocycles. The molecular formula is C14H22N4. The first kappa shape index (κ1) is 13.1. The minimum atomic E-state index is 0.583. The van der Waals surface area contributed by atoms with Gasteiger partial charge in [-0.05, 0) is 26.0 Å². The van der Waals surface area contributed by atoms with Crippen molar-refractivity contribution >= 4 is 0 Å². The van der Waals surface area contributed by atoms with Crippen LogP contribution in [0.15, 0.2) is 12.3 Å². The molecule has 0 N–H and O–H groups in total. The van der Waals surface area contributed by atoms with Gasteiger partial charge in [0, 0.05) is 25.7 Å². The second-order valence-corrected chi connectivity index (χ2v) is 5.22. The second kappa shape index (κ2) is 6.55. The third-order valence-electron chi connectivity index (χ3n) is 3.65. The first-order valence-corrected chi connectivity index (χ1v) is 6.89. The Morgan fingerprint density at radius 2 is 2.22 bits per heavy atom. The molecule has 18 heavy (non-hydrogen) atoms. The SMILES string of the molecule is CN(CCC#N)Cc1ccn(C2CCCCC2)n1. The van der Waals surface area contributed by atoms with Crippen molar-refractivity contribution in [1.82, 2.24) is 14.7 Å². The van der Waals surface area contributed by atoms with E-state index in [9.17, 15) is 0 Å². The fraction of sp³-hybridized carbons (Fsp3) is 0.714. The predicted molar refractivity (Wildman–Crippen MR) is 70.9 cm³/mol. The summed E-state index contributed by atoms with van der Waals surface area (Å²) in [4.78, 5) is 2.15. The third kappa shape index (κ3) is 3.58. The molecule has 1 fully saturated rings. The van der Waals surface area contributed by atoms with E-state index in [-0.39, 0.29) is 0 Å². The third-order valence-corrected chi connectivity index (χ3v) is 3.65. The zero-order chi connectivity index (χ0) is 12.8. The quantitative estimate of drug-likeness (QED) is 0.802. The summed E-state index contributed by atoms with van der Waals surface area (Å²) in [6, 6.07) is 4.89. The number of hydrogen-bond donors (Lipinski definition) is 0. The summed E-state index contributed by atoms with van der Waals surface area (Å²) in [5, 5.41) is 13.2. The molecule has 1 aromatic rings. The summed E-state index contributed by atoms with van der Waals surface area (Å²) in [5.41, 5.74) is 1.11. The van der Waals surface area contributed by atoms with Gasteiger partial charge in [-0.1, -0.05) is 19.3 Å². The first-order valence-electron chi connectivity index (χ1n) is 6.89. The van der Waals surface area contributed by atoms with Gasteiger partial charge in [-0.25, -0.2) is 0 Å². The molecule has 0 aromatic carbocycles. The molecule has 0 bridgehead atoms. The van der Waals surface area contributed by atoms with E-state index in [1.54, 1.807) is 0 Å². The van der Waals surface area contributed by atoms with Crippen molar-refractivity contribution in [2.24, 2.45) is 0 Å².